The van der Waals surface area contributed by atoms with Crippen LogP contribution < -0.4 is 5.32 Å². The van der Waals surface area contributed by atoms with E-state index >= 15 is 0 Å². The lowest BCUT2D eigenvalue weighted by molar-refractivity contribution is 0.0687. The zero-order chi connectivity index (χ0) is 13.8. The zero-order valence-electron chi connectivity index (χ0n) is 9.95. The average molecular weight is 278 g/mol. The number of rotatable bonds is 5. The molecule has 0 saturated carbocycles. The molecule has 2 N–H and O–H groups in total. The quantitative estimate of drug-likeness (QED) is 0.797. The molecule has 7 nitrogen and oxygen atoms in total. The fourth-order valence-corrected chi connectivity index (χ4v) is 2.22. The first-order chi connectivity index (χ1) is 9.08. The smallest absolute Gasteiger partial charge is 0.356 e. The first-order valence-corrected chi connectivity index (χ1v) is 6.13. The Morgan fingerprint density at radius 1 is 1.47 bits per heavy atom. The van der Waals surface area contributed by atoms with E-state index in [4.69, 9.17) is 5.11 Å². The second kappa shape index (κ2) is 5.53. The van der Waals surface area contributed by atoms with E-state index in [0.717, 1.165) is 17.0 Å². The third-order valence-corrected chi connectivity index (χ3v) is 3.33. The van der Waals surface area contributed by atoms with E-state index in [1.165, 1.54) is 13.3 Å². The number of hydrogen-bond acceptors (Lipinski definition) is 7. The summed E-state index contributed by atoms with van der Waals surface area (Å²) in [6, 6.07) is 1.73. The van der Waals surface area contributed by atoms with Gasteiger partial charge in [-0.25, -0.2) is 19.7 Å². The summed E-state index contributed by atoms with van der Waals surface area (Å²) in [6.07, 6.45) is 3.03. The molecular weight excluding hydrogens is 268 g/mol. The van der Waals surface area contributed by atoms with Crippen LogP contribution in [0.4, 0.5) is 5.13 Å². The highest BCUT2D eigenvalue weighted by Gasteiger charge is 2.20. The van der Waals surface area contributed by atoms with Crippen LogP contribution in [0.3, 0.4) is 0 Å². The van der Waals surface area contributed by atoms with Crippen molar-refractivity contribution in [3.05, 3.63) is 34.9 Å². The number of carboxylic acids is 1. The zero-order valence-corrected chi connectivity index (χ0v) is 10.8. The number of Topliss-reactive ketones (excluding diaryl/α,β-unsaturated/α-hetero) is 1. The molecule has 0 fully saturated rings. The van der Waals surface area contributed by atoms with Crippen LogP contribution in [-0.4, -0.2) is 31.8 Å². The van der Waals surface area contributed by atoms with Gasteiger partial charge < -0.3 is 10.4 Å². The van der Waals surface area contributed by atoms with Crippen molar-refractivity contribution >= 4 is 28.2 Å². The molecule has 2 aromatic heterocycles. The SMILES string of the molecule is CC(=O)c1sc(NCc2ccncn2)nc1C(=O)O. The summed E-state index contributed by atoms with van der Waals surface area (Å²) in [5.74, 6) is -1.53. The maximum absolute atomic E-state index is 11.3. The molecule has 0 aliphatic carbocycles. The van der Waals surface area contributed by atoms with E-state index in [9.17, 15) is 9.59 Å². The van der Waals surface area contributed by atoms with Crippen molar-refractivity contribution in [3.63, 3.8) is 0 Å². The largest absolute Gasteiger partial charge is 0.476 e. The van der Waals surface area contributed by atoms with Crippen LogP contribution in [0, 0.1) is 0 Å². The van der Waals surface area contributed by atoms with E-state index in [0.29, 0.717) is 11.7 Å². The van der Waals surface area contributed by atoms with Gasteiger partial charge >= 0.3 is 5.97 Å². The molecule has 2 heterocycles. The van der Waals surface area contributed by atoms with Crippen molar-refractivity contribution in [2.75, 3.05) is 5.32 Å². The Bertz CT molecular complexity index is 580. The predicted molar refractivity (Wildman–Crippen MR) is 68.4 cm³/mol. The average Bonchev–Trinajstić information content (AvgIpc) is 2.82. The molecule has 0 saturated heterocycles. The van der Waals surface area contributed by atoms with Gasteiger partial charge in [0.1, 0.15) is 11.2 Å². The summed E-state index contributed by atoms with van der Waals surface area (Å²) in [6.45, 7) is 1.70. The molecule has 98 valence electrons. The first-order valence-electron chi connectivity index (χ1n) is 5.31. The van der Waals surface area contributed by atoms with Gasteiger partial charge in [-0.3, -0.25) is 4.79 Å². The van der Waals surface area contributed by atoms with Gasteiger partial charge in [0, 0.05) is 13.1 Å². The van der Waals surface area contributed by atoms with Crippen LogP contribution >= 0.6 is 11.3 Å². The van der Waals surface area contributed by atoms with Gasteiger partial charge in [-0.1, -0.05) is 11.3 Å². The number of aromatic nitrogens is 3. The minimum absolute atomic E-state index is 0.137. The highest BCUT2D eigenvalue weighted by atomic mass is 32.1. The van der Waals surface area contributed by atoms with Crippen molar-refractivity contribution in [1.82, 2.24) is 15.0 Å². The van der Waals surface area contributed by atoms with Gasteiger partial charge in [-0.15, -0.1) is 0 Å². The highest BCUT2D eigenvalue weighted by Crippen LogP contribution is 2.24. The Morgan fingerprint density at radius 3 is 2.79 bits per heavy atom. The molecule has 0 aromatic carbocycles. The second-order valence-corrected chi connectivity index (χ2v) is 4.61. The van der Waals surface area contributed by atoms with E-state index in [1.807, 2.05) is 0 Å². The lowest BCUT2D eigenvalue weighted by atomic mass is 10.3. The monoisotopic (exact) mass is 278 g/mol. The van der Waals surface area contributed by atoms with E-state index in [-0.39, 0.29) is 16.4 Å². The minimum atomic E-state index is -1.21. The molecule has 2 aromatic rings. The van der Waals surface area contributed by atoms with E-state index in [2.05, 4.69) is 20.3 Å². The maximum atomic E-state index is 11.3. The molecule has 8 heteroatoms. The fourth-order valence-electron chi connectivity index (χ4n) is 1.37. The molecular formula is C11H10N4O3S. The molecule has 0 atom stereocenters. The van der Waals surface area contributed by atoms with Gasteiger partial charge in [-0.05, 0) is 6.07 Å². The normalized spacial score (nSPS) is 10.2. The van der Waals surface area contributed by atoms with Gasteiger partial charge in [0.25, 0.3) is 0 Å². The van der Waals surface area contributed by atoms with Crippen LogP contribution in [0.25, 0.3) is 0 Å². The maximum Gasteiger partial charge on any atom is 0.356 e. The predicted octanol–water partition coefficient (Wildman–Crippen LogP) is 1.45. The number of hydrogen-bond donors (Lipinski definition) is 2. The number of carboxylic acid groups (broad SMARTS) is 1. The summed E-state index contributed by atoms with van der Waals surface area (Å²) >= 11 is 1.02. The van der Waals surface area contributed by atoms with Crippen LogP contribution in [-0.2, 0) is 6.54 Å². The van der Waals surface area contributed by atoms with E-state index in [1.54, 1.807) is 12.3 Å². The Hall–Kier alpha value is -2.35. The van der Waals surface area contributed by atoms with Crippen molar-refractivity contribution in [1.29, 1.82) is 0 Å². The Labute approximate surface area is 112 Å². The van der Waals surface area contributed by atoms with Crippen LogP contribution in [0.5, 0.6) is 0 Å². The summed E-state index contributed by atoms with van der Waals surface area (Å²) in [5.41, 5.74) is 0.522. The molecule has 0 amide bonds. The Kier molecular flexibility index (Phi) is 3.81. The lowest BCUT2D eigenvalue weighted by Gasteiger charge is -2.00. The number of anilines is 1. The fraction of sp³-hybridized carbons (Fsp3) is 0.182. The molecule has 2 rings (SSSR count). The van der Waals surface area contributed by atoms with Gasteiger partial charge in [0.2, 0.25) is 0 Å². The molecule has 0 spiro atoms. The van der Waals surface area contributed by atoms with Gasteiger partial charge in [-0.2, -0.15) is 0 Å². The van der Waals surface area contributed by atoms with Crippen molar-refractivity contribution in [2.45, 2.75) is 13.5 Å². The number of ketones is 1. The number of nitrogens with one attached hydrogen (secondary N) is 1. The summed E-state index contributed by atoms with van der Waals surface area (Å²) < 4.78 is 0. The Morgan fingerprint density at radius 2 is 2.26 bits per heavy atom. The van der Waals surface area contributed by atoms with Crippen LogP contribution in [0.15, 0.2) is 18.6 Å². The Balaban J connectivity index is 2.15. The minimum Gasteiger partial charge on any atom is -0.476 e. The molecule has 0 radical (unpaired) electrons. The van der Waals surface area contributed by atoms with Crippen LogP contribution in [0.1, 0.15) is 32.8 Å². The van der Waals surface area contributed by atoms with Gasteiger partial charge in [0.15, 0.2) is 16.6 Å². The standard InChI is InChI=1S/C11H10N4O3S/c1-6(16)9-8(10(17)18)15-11(19-9)13-4-7-2-3-12-5-14-7/h2-3,5H,4H2,1H3,(H,13,15)(H,17,18). The summed E-state index contributed by atoms with van der Waals surface area (Å²) in [4.78, 5) is 34.1. The number of nitrogens with zero attached hydrogens (tertiary/aromatic N) is 3. The second-order valence-electron chi connectivity index (χ2n) is 3.61. The van der Waals surface area contributed by atoms with Gasteiger partial charge in [0.05, 0.1) is 12.2 Å². The number of carbonyl (C=O) groups is 2. The number of carbonyl (C=O) groups excluding carboxylic acids is 1. The molecule has 0 aliphatic rings. The summed E-state index contributed by atoms with van der Waals surface area (Å²) in [7, 11) is 0. The number of aromatic carboxylic acids is 1. The lowest BCUT2D eigenvalue weighted by Crippen LogP contribution is -2.04. The van der Waals surface area contributed by atoms with E-state index < -0.39 is 5.97 Å². The number of thiazole rings is 1. The highest BCUT2D eigenvalue weighted by molar-refractivity contribution is 7.17. The molecule has 0 bridgehead atoms. The molecule has 19 heavy (non-hydrogen) atoms. The topological polar surface area (TPSA) is 105 Å². The van der Waals surface area contributed by atoms with Crippen molar-refractivity contribution in [2.24, 2.45) is 0 Å². The molecule has 0 unspecified atom stereocenters. The summed E-state index contributed by atoms with van der Waals surface area (Å²) in [5, 5.41) is 12.3. The van der Waals surface area contributed by atoms with Crippen LogP contribution in [0.2, 0.25) is 0 Å². The first kappa shape index (κ1) is 13.1. The third-order valence-electron chi connectivity index (χ3n) is 2.21. The van der Waals surface area contributed by atoms with Crippen molar-refractivity contribution < 1.29 is 14.7 Å². The molecule has 0 aliphatic heterocycles. The third kappa shape index (κ3) is 3.10. The van der Waals surface area contributed by atoms with Crippen molar-refractivity contribution in [3.8, 4) is 0 Å².